The minimum Gasteiger partial charge on any atom is -0.497 e. The normalized spacial score (nSPS) is 19.6. The molecule has 3 rings (SSSR count). The first-order chi connectivity index (χ1) is 11.9. The summed E-state index contributed by atoms with van der Waals surface area (Å²) in [7, 11) is 1.70. The van der Waals surface area contributed by atoms with Gasteiger partial charge in [0.1, 0.15) is 11.4 Å². The van der Waals surface area contributed by atoms with Gasteiger partial charge in [0.2, 0.25) is 0 Å². The number of carbonyl (C=O) groups is 1. The largest absolute Gasteiger partial charge is 0.497 e. The quantitative estimate of drug-likeness (QED) is 0.840. The number of likely N-dealkylation sites (tertiary alicyclic amines) is 1. The van der Waals surface area contributed by atoms with Gasteiger partial charge in [-0.3, -0.25) is 4.79 Å². The summed E-state index contributed by atoms with van der Waals surface area (Å²) in [6.45, 7) is 8.26. The smallest absolute Gasteiger partial charge is 0.254 e. The Kier molecular flexibility index (Phi) is 5.07. The Bertz CT molecular complexity index is 633. The molecule has 1 spiro atoms. The van der Waals surface area contributed by atoms with Gasteiger partial charge < -0.3 is 19.1 Å². The molecule has 0 bridgehead atoms. The Morgan fingerprint density at radius 3 is 2.68 bits per heavy atom. The Hall–Kier alpha value is -1.59. The lowest BCUT2D eigenvalue weighted by Crippen LogP contribution is -2.53. The molecule has 1 amide bonds. The van der Waals surface area contributed by atoms with Crippen LogP contribution in [0.1, 0.15) is 44.7 Å². The van der Waals surface area contributed by atoms with E-state index in [1.165, 1.54) is 11.1 Å². The van der Waals surface area contributed by atoms with Crippen molar-refractivity contribution in [2.75, 3.05) is 33.4 Å². The Balaban J connectivity index is 1.75. The molecule has 2 heterocycles. The molecule has 5 nitrogen and oxygen atoms in total. The number of piperidine rings is 1. The number of hydrogen-bond donors (Lipinski definition) is 0. The van der Waals surface area contributed by atoms with Crippen molar-refractivity contribution in [3.05, 3.63) is 29.3 Å². The third-order valence-corrected chi connectivity index (χ3v) is 5.43. The number of rotatable bonds is 4. The number of hydrogen-bond acceptors (Lipinski definition) is 4. The molecule has 2 aliphatic heterocycles. The Labute approximate surface area is 150 Å². The monoisotopic (exact) mass is 347 g/mol. The molecule has 1 aromatic carbocycles. The molecule has 1 fully saturated rings. The van der Waals surface area contributed by atoms with Crippen molar-refractivity contribution in [2.24, 2.45) is 0 Å². The minimum absolute atomic E-state index is 0.0648. The SMILES string of the molecule is CCOC(C)(C)C(=O)N1CCC2(CC1)OCCc1cc(OC)ccc12. The number of amides is 1. The van der Waals surface area contributed by atoms with Crippen molar-refractivity contribution in [3.63, 3.8) is 0 Å². The summed E-state index contributed by atoms with van der Waals surface area (Å²) in [6.07, 6.45) is 2.55. The molecular formula is C20H29NO4. The van der Waals surface area contributed by atoms with E-state index in [9.17, 15) is 4.79 Å². The van der Waals surface area contributed by atoms with E-state index in [-0.39, 0.29) is 11.5 Å². The van der Waals surface area contributed by atoms with Crippen LogP contribution in [0, 0.1) is 0 Å². The number of carbonyl (C=O) groups excluding carboxylic acids is 1. The zero-order valence-electron chi connectivity index (χ0n) is 15.8. The summed E-state index contributed by atoms with van der Waals surface area (Å²) in [6, 6.07) is 6.26. The molecule has 0 unspecified atom stereocenters. The van der Waals surface area contributed by atoms with Crippen LogP contribution in [0.15, 0.2) is 18.2 Å². The van der Waals surface area contributed by atoms with E-state index in [2.05, 4.69) is 12.1 Å². The van der Waals surface area contributed by atoms with Gasteiger partial charge in [-0.25, -0.2) is 0 Å². The molecule has 0 saturated carbocycles. The molecule has 1 aromatic rings. The van der Waals surface area contributed by atoms with Crippen molar-refractivity contribution in [2.45, 2.75) is 51.2 Å². The fourth-order valence-electron chi connectivity index (χ4n) is 4.07. The lowest BCUT2D eigenvalue weighted by Gasteiger charge is -2.46. The molecule has 0 aromatic heterocycles. The molecule has 1 saturated heterocycles. The zero-order valence-corrected chi connectivity index (χ0v) is 15.8. The van der Waals surface area contributed by atoms with Crippen LogP contribution in [0.3, 0.4) is 0 Å². The summed E-state index contributed by atoms with van der Waals surface area (Å²) in [4.78, 5) is 14.7. The number of ether oxygens (including phenoxy) is 3. The average molecular weight is 347 g/mol. The van der Waals surface area contributed by atoms with Gasteiger partial charge in [-0.1, -0.05) is 6.07 Å². The van der Waals surface area contributed by atoms with E-state index in [0.29, 0.717) is 19.7 Å². The fourth-order valence-corrected chi connectivity index (χ4v) is 4.07. The third-order valence-electron chi connectivity index (χ3n) is 5.43. The molecule has 2 aliphatic rings. The maximum atomic E-state index is 12.8. The first-order valence-electron chi connectivity index (χ1n) is 9.16. The maximum Gasteiger partial charge on any atom is 0.254 e. The van der Waals surface area contributed by atoms with Crippen LogP contribution in [0.4, 0.5) is 0 Å². The van der Waals surface area contributed by atoms with Gasteiger partial charge in [0, 0.05) is 19.7 Å². The van der Waals surface area contributed by atoms with E-state index < -0.39 is 5.60 Å². The summed E-state index contributed by atoms with van der Waals surface area (Å²) < 4.78 is 17.2. The van der Waals surface area contributed by atoms with Gasteiger partial charge in [0.15, 0.2) is 0 Å². The highest BCUT2D eigenvalue weighted by Crippen LogP contribution is 2.42. The lowest BCUT2D eigenvalue weighted by atomic mass is 9.79. The highest BCUT2D eigenvalue weighted by Gasteiger charge is 2.43. The molecule has 0 radical (unpaired) electrons. The van der Waals surface area contributed by atoms with Crippen LogP contribution in [0.25, 0.3) is 0 Å². The van der Waals surface area contributed by atoms with Gasteiger partial charge >= 0.3 is 0 Å². The topological polar surface area (TPSA) is 48.0 Å². The Morgan fingerprint density at radius 1 is 1.32 bits per heavy atom. The van der Waals surface area contributed by atoms with E-state index in [1.54, 1.807) is 7.11 Å². The minimum atomic E-state index is -0.766. The van der Waals surface area contributed by atoms with Gasteiger partial charge in [-0.15, -0.1) is 0 Å². The molecule has 5 heteroatoms. The van der Waals surface area contributed by atoms with Crippen LogP contribution >= 0.6 is 0 Å². The number of methoxy groups -OCH3 is 1. The van der Waals surface area contributed by atoms with Crippen molar-refractivity contribution in [3.8, 4) is 5.75 Å². The predicted octanol–water partition coefficient (Wildman–Crippen LogP) is 2.90. The highest BCUT2D eigenvalue weighted by molar-refractivity contribution is 5.84. The first-order valence-corrected chi connectivity index (χ1v) is 9.16. The zero-order chi connectivity index (χ0) is 18.1. The third kappa shape index (κ3) is 3.40. The van der Waals surface area contributed by atoms with Crippen LogP contribution in [-0.2, 0) is 26.3 Å². The van der Waals surface area contributed by atoms with E-state index in [0.717, 1.165) is 31.6 Å². The average Bonchev–Trinajstić information content (AvgIpc) is 2.61. The molecule has 0 aliphatic carbocycles. The van der Waals surface area contributed by atoms with Gasteiger partial charge in [-0.2, -0.15) is 0 Å². The van der Waals surface area contributed by atoms with Crippen LogP contribution in [0.5, 0.6) is 5.75 Å². The van der Waals surface area contributed by atoms with Crippen LogP contribution in [0.2, 0.25) is 0 Å². The Morgan fingerprint density at radius 2 is 2.04 bits per heavy atom. The second-order valence-electron chi connectivity index (χ2n) is 7.35. The molecule has 25 heavy (non-hydrogen) atoms. The first kappa shape index (κ1) is 18.2. The van der Waals surface area contributed by atoms with Crippen LogP contribution in [-0.4, -0.2) is 49.8 Å². The van der Waals surface area contributed by atoms with Crippen molar-refractivity contribution in [1.29, 1.82) is 0 Å². The molecular weight excluding hydrogens is 318 g/mol. The summed E-state index contributed by atoms with van der Waals surface area (Å²) in [5.74, 6) is 0.955. The van der Waals surface area contributed by atoms with Crippen molar-refractivity contribution < 1.29 is 19.0 Å². The van der Waals surface area contributed by atoms with E-state index in [1.807, 2.05) is 31.7 Å². The number of benzene rings is 1. The second-order valence-corrected chi connectivity index (χ2v) is 7.35. The second kappa shape index (κ2) is 6.96. The molecule has 0 N–H and O–H groups in total. The van der Waals surface area contributed by atoms with E-state index in [4.69, 9.17) is 14.2 Å². The van der Waals surface area contributed by atoms with Gasteiger partial charge in [0.25, 0.3) is 5.91 Å². The lowest BCUT2D eigenvalue weighted by molar-refractivity contribution is -0.161. The molecule has 0 atom stereocenters. The standard InChI is InChI=1S/C20H29NO4/c1-5-24-19(2,3)18(22)21-11-9-20(10-12-21)17-7-6-16(23-4)14-15(17)8-13-25-20/h6-7,14H,5,8-13H2,1-4H3. The summed E-state index contributed by atoms with van der Waals surface area (Å²) in [5.41, 5.74) is 1.53. The summed E-state index contributed by atoms with van der Waals surface area (Å²) >= 11 is 0. The number of nitrogens with zero attached hydrogens (tertiary/aromatic N) is 1. The fraction of sp³-hybridized carbons (Fsp3) is 0.650. The van der Waals surface area contributed by atoms with Gasteiger partial charge in [-0.05, 0) is 63.3 Å². The predicted molar refractivity (Wildman–Crippen MR) is 95.8 cm³/mol. The summed E-state index contributed by atoms with van der Waals surface area (Å²) in [5, 5.41) is 0. The van der Waals surface area contributed by atoms with Crippen LogP contribution < -0.4 is 4.74 Å². The number of fused-ring (bicyclic) bond motifs is 2. The van der Waals surface area contributed by atoms with Crippen molar-refractivity contribution >= 4 is 5.91 Å². The van der Waals surface area contributed by atoms with E-state index >= 15 is 0 Å². The highest BCUT2D eigenvalue weighted by atomic mass is 16.5. The van der Waals surface area contributed by atoms with Crippen molar-refractivity contribution in [1.82, 2.24) is 4.90 Å². The van der Waals surface area contributed by atoms with Gasteiger partial charge in [0.05, 0.1) is 19.3 Å². The maximum absolute atomic E-state index is 12.8. The molecule has 138 valence electrons.